The van der Waals surface area contributed by atoms with Crippen LogP contribution >= 0.6 is 0 Å². The number of unbranched alkanes of at least 4 members (excludes halogenated alkanes) is 8. The van der Waals surface area contributed by atoms with Crippen LogP contribution in [0.2, 0.25) is 0 Å². The number of benzene rings is 2. The zero-order chi connectivity index (χ0) is 24.6. The number of hydrogen-bond acceptors (Lipinski definition) is 6. The van der Waals surface area contributed by atoms with Crippen molar-refractivity contribution in [3.8, 4) is 0 Å². The lowest BCUT2D eigenvalue weighted by atomic mass is 10.1. The molecule has 2 aromatic rings. The second-order valence-electron chi connectivity index (χ2n) is 8.44. The summed E-state index contributed by atoms with van der Waals surface area (Å²) in [5.74, 6) is -1.32. The van der Waals surface area contributed by atoms with Crippen LogP contribution in [0, 0.1) is 27.1 Å². The van der Waals surface area contributed by atoms with Crippen molar-refractivity contribution in [1.82, 2.24) is 0 Å². The predicted octanol–water partition coefficient (Wildman–Crippen LogP) is 7.41. The molecular formula is C28H36O6. The highest BCUT2D eigenvalue weighted by Gasteiger charge is 2.21. The second kappa shape index (κ2) is 16.0. The molecule has 0 unspecified atom stereocenters. The van der Waals surface area contributed by atoms with Crippen LogP contribution in [0.5, 0.6) is 0 Å². The zero-order valence-corrected chi connectivity index (χ0v) is 20.3. The number of carbonyl (C=O) groups excluding carboxylic acids is 2. The maximum Gasteiger partial charge on any atom is 0.373 e. The number of rotatable bonds is 16. The van der Waals surface area contributed by atoms with Crippen molar-refractivity contribution in [2.24, 2.45) is 0 Å². The van der Waals surface area contributed by atoms with Crippen molar-refractivity contribution in [2.45, 2.75) is 78.1 Å². The lowest BCUT2D eigenvalue weighted by molar-refractivity contribution is -0.363. The predicted molar refractivity (Wildman–Crippen MR) is 130 cm³/mol. The van der Waals surface area contributed by atoms with Crippen LogP contribution in [0.15, 0.2) is 48.5 Å². The first-order chi connectivity index (χ1) is 16.5. The monoisotopic (exact) mass is 468 g/mol. The molecule has 184 valence electrons. The largest absolute Gasteiger partial charge is 0.373 e. The van der Waals surface area contributed by atoms with E-state index in [4.69, 9.17) is 19.6 Å². The van der Waals surface area contributed by atoms with Gasteiger partial charge in [0.15, 0.2) is 0 Å². The molecule has 0 saturated carbocycles. The average Bonchev–Trinajstić information content (AvgIpc) is 2.84. The van der Waals surface area contributed by atoms with Gasteiger partial charge in [-0.05, 0) is 44.5 Å². The van der Waals surface area contributed by atoms with Crippen molar-refractivity contribution in [3.05, 3.63) is 84.0 Å². The highest BCUT2D eigenvalue weighted by molar-refractivity contribution is 5.89. The fraction of sp³-hybridized carbons (Fsp3) is 0.429. The summed E-state index contributed by atoms with van der Waals surface area (Å²) < 4.78 is 0. The molecule has 0 aromatic heterocycles. The van der Waals surface area contributed by atoms with Crippen molar-refractivity contribution in [1.29, 1.82) is 0 Å². The van der Waals surface area contributed by atoms with Gasteiger partial charge in [0.25, 0.3) is 0 Å². The van der Waals surface area contributed by atoms with Crippen molar-refractivity contribution in [2.75, 3.05) is 0 Å². The Hall–Kier alpha value is -2.70. The molecule has 0 N–H and O–H groups in total. The van der Waals surface area contributed by atoms with Gasteiger partial charge in [-0.3, -0.25) is 9.78 Å². The highest BCUT2D eigenvalue weighted by Crippen LogP contribution is 2.20. The quantitative estimate of drug-likeness (QED) is 0.145. The van der Waals surface area contributed by atoms with Crippen LogP contribution in [-0.4, -0.2) is 11.9 Å². The van der Waals surface area contributed by atoms with Crippen LogP contribution in [0.25, 0.3) is 0 Å². The summed E-state index contributed by atoms with van der Waals surface area (Å²) in [6.45, 7) is 7.72. The molecule has 2 aromatic carbocycles. The van der Waals surface area contributed by atoms with Crippen molar-refractivity contribution >= 4 is 11.9 Å². The average molecular weight is 469 g/mol. The molecule has 0 atom stereocenters. The summed E-state index contributed by atoms with van der Waals surface area (Å²) in [5, 5.41) is 0. The fourth-order valence-electron chi connectivity index (χ4n) is 3.25. The summed E-state index contributed by atoms with van der Waals surface area (Å²) in [5.41, 5.74) is 2.75. The minimum absolute atomic E-state index is 0.0728. The molecule has 34 heavy (non-hydrogen) atoms. The number of hydrogen-bond donors (Lipinski definition) is 0. The summed E-state index contributed by atoms with van der Waals surface area (Å²) in [4.78, 5) is 44.6. The fourth-order valence-corrected chi connectivity index (χ4v) is 3.25. The van der Waals surface area contributed by atoms with E-state index in [1.54, 1.807) is 48.5 Å². The van der Waals surface area contributed by atoms with E-state index in [1.807, 2.05) is 13.8 Å². The zero-order valence-electron chi connectivity index (χ0n) is 20.3. The first-order valence-corrected chi connectivity index (χ1v) is 12.1. The smallest absolute Gasteiger partial charge is 0.289 e. The van der Waals surface area contributed by atoms with Crippen LogP contribution < -0.4 is 0 Å². The van der Waals surface area contributed by atoms with Crippen molar-refractivity contribution in [3.63, 3.8) is 0 Å². The molecule has 2 rings (SSSR count). The van der Waals surface area contributed by atoms with Gasteiger partial charge in [0, 0.05) is 6.42 Å². The van der Waals surface area contributed by atoms with Gasteiger partial charge in [0.05, 0.1) is 11.1 Å². The Morgan fingerprint density at radius 1 is 0.588 bits per heavy atom. The first-order valence-electron chi connectivity index (χ1n) is 12.1. The third-order valence-electron chi connectivity index (χ3n) is 5.38. The third kappa shape index (κ3) is 10.9. The third-order valence-corrected chi connectivity index (χ3v) is 5.38. The van der Waals surface area contributed by atoms with E-state index >= 15 is 0 Å². The molecular weight excluding hydrogens is 432 g/mol. The highest BCUT2D eigenvalue weighted by atomic mass is 17.3. The molecule has 6 heteroatoms. The van der Waals surface area contributed by atoms with Gasteiger partial charge < -0.3 is 0 Å². The molecule has 0 fully saturated rings. The van der Waals surface area contributed by atoms with Gasteiger partial charge in [0.1, 0.15) is 0 Å². The lowest BCUT2D eigenvalue weighted by Gasteiger charge is -2.13. The van der Waals surface area contributed by atoms with Gasteiger partial charge in [0.2, 0.25) is 0 Å². The van der Waals surface area contributed by atoms with E-state index in [1.165, 1.54) is 32.1 Å². The summed E-state index contributed by atoms with van der Waals surface area (Å²) >= 11 is 0. The molecule has 0 aliphatic heterocycles. The Morgan fingerprint density at radius 2 is 0.971 bits per heavy atom. The maximum absolute atomic E-state index is 12.2. The standard InChI is InChI=1S/C28H36O6/c1-4-5-6-7-8-9-10-11-12-13-26(31-33-27(29)24-18-14-22(2)15-19-24)32-34-28(30)25-20-16-23(3)17-21-25/h14-21H,1,4-13H2,2-3H3. The molecule has 0 aliphatic carbocycles. The Bertz CT molecular complexity index is 783. The van der Waals surface area contributed by atoms with E-state index in [-0.39, 0.29) is 6.29 Å². The Balaban J connectivity index is 1.80. The van der Waals surface area contributed by atoms with Gasteiger partial charge in [-0.15, -0.1) is 9.78 Å². The summed E-state index contributed by atoms with van der Waals surface area (Å²) in [7, 11) is 0. The van der Waals surface area contributed by atoms with Gasteiger partial charge in [-0.2, -0.15) is 0 Å². The topological polar surface area (TPSA) is 71.1 Å². The molecule has 2 radical (unpaired) electrons. The van der Waals surface area contributed by atoms with Crippen LogP contribution in [0.1, 0.15) is 96.1 Å². The maximum atomic E-state index is 12.2. The second-order valence-corrected chi connectivity index (χ2v) is 8.44. The Morgan fingerprint density at radius 3 is 1.38 bits per heavy atom. The van der Waals surface area contributed by atoms with Crippen LogP contribution in [0.4, 0.5) is 0 Å². The van der Waals surface area contributed by atoms with E-state index in [0.29, 0.717) is 17.5 Å². The molecule has 0 spiro atoms. The van der Waals surface area contributed by atoms with Crippen molar-refractivity contribution < 1.29 is 29.1 Å². The normalized spacial score (nSPS) is 10.9. The molecule has 0 saturated heterocycles. The van der Waals surface area contributed by atoms with E-state index in [9.17, 15) is 9.59 Å². The number of aryl methyl sites for hydroxylation is 2. The van der Waals surface area contributed by atoms with E-state index in [2.05, 4.69) is 6.92 Å². The summed E-state index contributed by atoms with van der Waals surface area (Å²) in [6.07, 6.45) is 10.1. The SMILES string of the molecule is [CH2]CCCCCCCCCC[C](OOC(=O)c1ccc(C)cc1)OOC(=O)c1ccc(C)cc1. The van der Waals surface area contributed by atoms with Gasteiger partial charge in [-0.25, -0.2) is 9.59 Å². The minimum Gasteiger partial charge on any atom is -0.289 e. The molecule has 0 heterocycles. The molecule has 0 amide bonds. The summed E-state index contributed by atoms with van der Waals surface area (Å²) in [6, 6.07) is 13.8. The first kappa shape index (κ1) is 27.5. The minimum atomic E-state index is -0.659. The lowest BCUT2D eigenvalue weighted by Crippen LogP contribution is -2.16. The van der Waals surface area contributed by atoms with Crippen LogP contribution in [-0.2, 0) is 19.6 Å². The molecule has 6 nitrogen and oxygen atoms in total. The van der Waals surface area contributed by atoms with Gasteiger partial charge >= 0.3 is 18.2 Å². The van der Waals surface area contributed by atoms with E-state index in [0.717, 1.165) is 36.8 Å². The Labute approximate surface area is 203 Å². The van der Waals surface area contributed by atoms with Gasteiger partial charge in [-0.1, -0.05) is 93.7 Å². The molecule has 0 bridgehead atoms. The molecule has 0 aliphatic rings. The van der Waals surface area contributed by atoms with E-state index < -0.39 is 11.9 Å². The van der Waals surface area contributed by atoms with Crippen LogP contribution in [0.3, 0.4) is 0 Å². The Kier molecular flexibility index (Phi) is 13.0. The number of carbonyl (C=O) groups is 2.